The number of unbranched alkanes of at least 4 members (excludes halogenated alkanes) is 2. The first kappa shape index (κ1) is 11.3. The van der Waals surface area contributed by atoms with Crippen LogP contribution in [0.15, 0.2) is 23.1 Å². The zero-order valence-electron chi connectivity index (χ0n) is 8.50. The molecule has 0 atom stereocenters. The van der Waals surface area contributed by atoms with E-state index < -0.39 is 0 Å². The summed E-state index contributed by atoms with van der Waals surface area (Å²) in [5.41, 5.74) is 0.934. The Hall–Kier alpha value is -0.760. The van der Waals surface area contributed by atoms with Crippen molar-refractivity contribution in [2.24, 2.45) is 0 Å². The molecule has 1 heterocycles. The first-order valence-corrected chi connectivity index (χ1v) is 5.51. The zero-order chi connectivity index (χ0) is 10.4. The van der Waals surface area contributed by atoms with Crippen molar-refractivity contribution in [2.75, 3.05) is 5.88 Å². The predicted octanol–water partition coefficient (Wildman–Crippen LogP) is 2.57. The van der Waals surface area contributed by atoms with Gasteiger partial charge in [0.25, 0.3) is 5.56 Å². The van der Waals surface area contributed by atoms with Gasteiger partial charge in [0.1, 0.15) is 0 Å². The minimum Gasteiger partial charge on any atom is -0.315 e. The van der Waals surface area contributed by atoms with E-state index in [0.29, 0.717) is 5.88 Å². The first-order valence-electron chi connectivity index (χ1n) is 4.97. The number of hydrogen-bond acceptors (Lipinski definition) is 1. The van der Waals surface area contributed by atoms with Crippen LogP contribution in [0.4, 0.5) is 0 Å². The van der Waals surface area contributed by atoms with Crippen molar-refractivity contribution >= 4 is 11.6 Å². The minimum atomic E-state index is 0.123. The van der Waals surface area contributed by atoms with Crippen LogP contribution >= 0.6 is 11.6 Å². The largest absolute Gasteiger partial charge is 0.315 e. The highest BCUT2D eigenvalue weighted by Gasteiger charge is 1.97. The highest BCUT2D eigenvalue weighted by atomic mass is 35.5. The third-order valence-electron chi connectivity index (χ3n) is 2.24. The van der Waals surface area contributed by atoms with Gasteiger partial charge >= 0.3 is 0 Å². The van der Waals surface area contributed by atoms with Crippen LogP contribution in [-0.4, -0.2) is 10.4 Å². The summed E-state index contributed by atoms with van der Waals surface area (Å²) in [6.07, 6.45) is 4.98. The van der Waals surface area contributed by atoms with Gasteiger partial charge in [-0.15, -0.1) is 11.6 Å². The summed E-state index contributed by atoms with van der Waals surface area (Å²) in [4.78, 5) is 11.6. The molecule has 0 spiro atoms. The van der Waals surface area contributed by atoms with Crippen LogP contribution in [0.3, 0.4) is 0 Å². The number of nitrogens with zero attached hydrogens (tertiary/aromatic N) is 1. The SMILES string of the molecule is Cc1cccn(CCCCCCl)c1=O. The van der Waals surface area contributed by atoms with Gasteiger partial charge in [0, 0.05) is 24.2 Å². The minimum absolute atomic E-state index is 0.123. The van der Waals surface area contributed by atoms with E-state index in [1.54, 1.807) is 4.57 Å². The van der Waals surface area contributed by atoms with Crippen molar-refractivity contribution in [3.8, 4) is 0 Å². The van der Waals surface area contributed by atoms with Crippen molar-refractivity contribution in [3.63, 3.8) is 0 Å². The summed E-state index contributed by atoms with van der Waals surface area (Å²) in [7, 11) is 0. The molecule has 0 amide bonds. The van der Waals surface area contributed by atoms with Gasteiger partial charge in [-0.1, -0.05) is 12.5 Å². The van der Waals surface area contributed by atoms with Gasteiger partial charge in [0.2, 0.25) is 0 Å². The molecular weight excluding hydrogens is 198 g/mol. The van der Waals surface area contributed by atoms with Gasteiger partial charge in [-0.25, -0.2) is 0 Å². The van der Waals surface area contributed by atoms with E-state index in [-0.39, 0.29) is 5.56 Å². The van der Waals surface area contributed by atoms with Crippen LogP contribution in [0.1, 0.15) is 24.8 Å². The Morgan fingerprint density at radius 2 is 2.14 bits per heavy atom. The van der Waals surface area contributed by atoms with Crippen molar-refractivity contribution in [1.82, 2.24) is 4.57 Å². The summed E-state index contributed by atoms with van der Waals surface area (Å²) < 4.78 is 1.77. The Labute approximate surface area is 89.5 Å². The van der Waals surface area contributed by atoms with Gasteiger partial charge < -0.3 is 4.57 Å². The molecule has 0 aromatic carbocycles. The van der Waals surface area contributed by atoms with E-state index in [2.05, 4.69) is 0 Å². The second kappa shape index (κ2) is 5.86. The number of halogens is 1. The molecule has 2 nitrogen and oxygen atoms in total. The van der Waals surface area contributed by atoms with Crippen LogP contribution in [-0.2, 0) is 6.54 Å². The summed E-state index contributed by atoms with van der Waals surface area (Å²) in [5.74, 6) is 0.711. The second-order valence-corrected chi connectivity index (χ2v) is 3.82. The Balaban J connectivity index is 2.51. The topological polar surface area (TPSA) is 22.0 Å². The summed E-state index contributed by atoms with van der Waals surface area (Å²) >= 11 is 5.57. The maximum atomic E-state index is 11.6. The molecule has 0 radical (unpaired) electrons. The molecular formula is C11H16ClNO. The summed E-state index contributed by atoms with van der Waals surface area (Å²) in [6.45, 7) is 2.65. The lowest BCUT2D eigenvalue weighted by atomic mass is 10.2. The molecule has 1 aromatic rings. The highest BCUT2D eigenvalue weighted by Crippen LogP contribution is 1.99. The third-order valence-corrected chi connectivity index (χ3v) is 2.51. The van der Waals surface area contributed by atoms with E-state index >= 15 is 0 Å². The maximum Gasteiger partial charge on any atom is 0.253 e. The normalized spacial score (nSPS) is 10.4. The third kappa shape index (κ3) is 3.18. The van der Waals surface area contributed by atoms with Crippen molar-refractivity contribution in [1.29, 1.82) is 0 Å². The maximum absolute atomic E-state index is 11.6. The molecule has 0 aliphatic carbocycles. The van der Waals surface area contributed by atoms with Crippen LogP contribution in [0.2, 0.25) is 0 Å². The Morgan fingerprint density at radius 3 is 2.86 bits per heavy atom. The molecule has 0 aliphatic rings. The molecule has 78 valence electrons. The van der Waals surface area contributed by atoms with Gasteiger partial charge in [0.15, 0.2) is 0 Å². The molecule has 0 N–H and O–H groups in total. The van der Waals surface area contributed by atoms with Gasteiger partial charge in [0.05, 0.1) is 0 Å². The van der Waals surface area contributed by atoms with E-state index in [0.717, 1.165) is 31.4 Å². The molecule has 1 rings (SSSR count). The molecule has 3 heteroatoms. The Bertz CT molecular complexity index is 332. The van der Waals surface area contributed by atoms with Crippen LogP contribution < -0.4 is 5.56 Å². The fourth-order valence-electron chi connectivity index (χ4n) is 1.39. The number of alkyl halides is 1. The molecule has 14 heavy (non-hydrogen) atoms. The fraction of sp³-hybridized carbons (Fsp3) is 0.545. The molecule has 0 bridgehead atoms. The monoisotopic (exact) mass is 213 g/mol. The average Bonchev–Trinajstić information content (AvgIpc) is 2.19. The zero-order valence-corrected chi connectivity index (χ0v) is 9.26. The van der Waals surface area contributed by atoms with Gasteiger partial charge in [-0.3, -0.25) is 4.79 Å². The Kier molecular flexibility index (Phi) is 4.74. The molecule has 0 saturated heterocycles. The van der Waals surface area contributed by atoms with Crippen LogP contribution in [0.5, 0.6) is 0 Å². The van der Waals surface area contributed by atoms with Crippen LogP contribution in [0, 0.1) is 6.92 Å². The lowest BCUT2D eigenvalue weighted by Crippen LogP contribution is -2.21. The lowest BCUT2D eigenvalue weighted by molar-refractivity contribution is 0.587. The first-order chi connectivity index (χ1) is 6.75. The quantitative estimate of drug-likeness (QED) is 0.544. The van der Waals surface area contributed by atoms with E-state index in [1.807, 2.05) is 25.3 Å². The highest BCUT2D eigenvalue weighted by molar-refractivity contribution is 6.17. The lowest BCUT2D eigenvalue weighted by Gasteiger charge is -2.05. The predicted molar refractivity (Wildman–Crippen MR) is 60.0 cm³/mol. The number of aromatic nitrogens is 1. The molecule has 1 aromatic heterocycles. The van der Waals surface area contributed by atoms with E-state index in [4.69, 9.17) is 11.6 Å². The standard InChI is InChI=1S/C11H16ClNO/c1-10-6-5-9-13(11(10)14)8-4-2-3-7-12/h5-6,9H,2-4,7-8H2,1H3. The Morgan fingerprint density at radius 1 is 1.36 bits per heavy atom. The summed E-state index contributed by atoms with van der Waals surface area (Å²) in [6, 6.07) is 3.76. The average molecular weight is 214 g/mol. The van der Waals surface area contributed by atoms with Gasteiger partial charge in [-0.05, 0) is 25.8 Å². The smallest absolute Gasteiger partial charge is 0.253 e. The number of pyridine rings is 1. The fourth-order valence-corrected chi connectivity index (χ4v) is 1.58. The van der Waals surface area contributed by atoms with Crippen molar-refractivity contribution in [3.05, 3.63) is 34.2 Å². The number of aryl methyl sites for hydroxylation is 2. The molecule has 0 saturated carbocycles. The van der Waals surface area contributed by atoms with Crippen LogP contribution in [0.25, 0.3) is 0 Å². The summed E-state index contributed by atoms with van der Waals surface area (Å²) in [5, 5.41) is 0. The van der Waals surface area contributed by atoms with Gasteiger partial charge in [-0.2, -0.15) is 0 Å². The van der Waals surface area contributed by atoms with E-state index in [1.165, 1.54) is 0 Å². The molecule has 0 fully saturated rings. The number of hydrogen-bond donors (Lipinski definition) is 0. The molecule has 0 aliphatic heterocycles. The van der Waals surface area contributed by atoms with Crippen molar-refractivity contribution in [2.45, 2.75) is 32.7 Å². The second-order valence-electron chi connectivity index (χ2n) is 3.44. The number of rotatable bonds is 5. The molecule has 0 unspecified atom stereocenters. The van der Waals surface area contributed by atoms with E-state index in [9.17, 15) is 4.79 Å². The van der Waals surface area contributed by atoms with Crippen molar-refractivity contribution < 1.29 is 0 Å².